The molecule has 18 heavy (non-hydrogen) atoms. The fourth-order valence-electron chi connectivity index (χ4n) is 1.65. The van der Waals surface area contributed by atoms with Crippen molar-refractivity contribution in [2.24, 2.45) is 5.73 Å². The summed E-state index contributed by atoms with van der Waals surface area (Å²) in [6.07, 6.45) is 0.439. The average molecular weight is 269 g/mol. The predicted octanol–water partition coefficient (Wildman–Crippen LogP) is 1.35. The van der Waals surface area contributed by atoms with E-state index < -0.39 is 11.2 Å². The van der Waals surface area contributed by atoms with Crippen molar-refractivity contribution in [1.82, 2.24) is 0 Å². The molecule has 3 N–H and O–H groups in total. The van der Waals surface area contributed by atoms with Crippen molar-refractivity contribution in [3.8, 4) is 11.5 Å². The number of carbonyl (C=O) groups is 1. The first-order valence-corrected chi connectivity index (χ1v) is 6.58. The smallest absolute Gasteiger partial charge is 0.317 e. The first-order chi connectivity index (χ1) is 8.70. The van der Waals surface area contributed by atoms with Crippen LogP contribution in [-0.2, 0) is 4.79 Å². The highest BCUT2D eigenvalue weighted by Crippen LogP contribution is 2.35. The number of benzene rings is 1. The molecule has 0 radical (unpaired) electrons. The number of carboxylic acid groups (broad SMARTS) is 1. The zero-order chi connectivity index (χ0) is 13.0. The zero-order valence-corrected chi connectivity index (χ0v) is 10.6. The molecule has 1 heterocycles. The van der Waals surface area contributed by atoms with Gasteiger partial charge in [0, 0.05) is 4.90 Å². The third kappa shape index (κ3) is 3.08. The molecule has 1 aromatic rings. The summed E-state index contributed by atoms with van der Waals surface area (Å²) in [5.74, 6) is 0.528. The number of carboxylic acids is 1. The molecule has 5 nitrogen and oxygen atoms in total. The molecule has 98 valence electrons. The van der Waals surface area contributed by atoms with E-state index in [1.165, 1.54) is 11.8 Å². The molecule has 0 aliphatic carbocycles. The molecule has 0 spiro atoms. The lowest BCUT2D eigenvalue weighted by Crippen LogP contribution is -2.20. The van der Waals surface area contributed by atoms with Crippen LogP contribution < -0.4 is 15.2 Å². The van der Waals surface area contributed by atoms with Crippen LogP contribution in [0.25, 0.3) is 0 Å². The first-order valence-electron chi connectivity index (χ1n) is 5.70. The topological polar surface area (TPSA) is 81.8 Å². The molecule has 0 fully saturated rings. The Morgan fingerprint density at radius 1 is 1.39 bits per heavy atom. The van der Waals surface area contributed by atoms with Crippen molar-refractivity contribution in [3.05, 3.63) is 18.2 Å². The largest absolute Gasteiger partial charge is 0.486 e. The first kappa shape index (κ1) is 13.0. The summed E-state index contributed by atoms with van der Waals surface area (Å²) < 4.78 is 10.9. The molecule has 1 atom stereocenters. The molecule has 0 bridgehead atoms. The highest BCUT2D eigenvalue weighted by molar-refractivity contribution is 8.00. The molecule has 0 aromatic heterocycles. The van der Waals surface area contributed by atoms with E-state index in [1.54, 1.807) is 6.07 Å². The van der Waals surface area contributed by atoms with Crippen LogP contribution in [0.1, 0.15) is 6.42 Å². The van der Waals surface area contributed by atoms with E-state index in [2.05, 4.69) is 0 Å². The molecule has 0 saturated heterocycles. The Morgan fingerprint density at radius 2 is 2.11 bits per heavy atom. The summed E-state index contributed by atoms with van der Waals surface area (Å²) in [5, 5.41) is 8.54. The Morgan fingerprint density at radius 3 is 2.78 bits per heavy atom. The molecule has 1 aliphatic rings. The molecule has 1 unspecified atom stereocenters. The Kier molecular flexibility index (Phi) is 4.33. The molecule has 1 aliphatic heterocycles. The minimum atomic E-state index is -0.847. The van der Waals surface area contributed by atoms with Gasteiger partial charge < -0.3 is 20.3 Å². The SMILES string of the molecule is NCCC(Sc1ccc2c(c1)OCCO2)C(=O)O. The summed E-state index contributed by atoms with van der Waals surface area (Å²) >= 11 is 1.28. The number of hydrogen-bond donors (Lipinski definition) is 2. The number of nitrogens with two attached hydrogens (primary N) is 1. The highest BCUT2D eigenvalue weighted by Gasteiger charge is 2.19. The van der Waals surface area contributed by atoms with E-state index in [1.807, 2.05) is 12.1 Å². The number of fused-ring (bicyclic) bond motifs is 1. The summed E-state index contributed by atoms with van der Waals surface area (Å²) in [4.78, 5) is 11.9. The Labute approximate surface area is 109 Å². The van der Waals surface area contributed by atoms with Crippen LogP contribution in [0.2, 0.25) is 0 Å². The minimum absolute atomic E-state index is 0.356. The van der Waals surface area contributed by atoms with E-state index in [9.17, 15) is 4.79 Å². The van der Waals surface area contributed by atoms with Gasteiger partial charge in [-0.05, 0) is 31.2 Å². The van der Waals surface area contributed by atoms with Gasteiger partial charge in [0.2, 0.25) is 0 Å². The van der Waals surface area contributed by atoms with Crippen molar-refractivity contribution >= 4 is 17.7 Å². The monoisotopic (exact) mass is 269 g/mol. The normalized spacial score (nSPS) is 15.2. The fraction of sp³-hybridized carbons (Fsp3) is 0.417. The molecular formula is C12H15NO4S. The molecule has 0 amide bonds. The molecular weight excluding hydrogens is 254 g/mol. The maximum absolute atomic E-state index is 11.1. The quantitative estimate of drug-likeness (QED) is 0.785. The molecule has 1 aromatic carbocycles. The van der Waals surface area contributed by atoms with Gasteiger partial charge >= 0.3 is 5.97 Å². The standard InChI is InChI=1S/C12H15NO4S/c13-4-3-11(12(14)15)18-8-1-2-9-10(7-8)17-6-5-16-9/h1-2,7,11H,3-6,13H2,(H,14,15). The van der Waals surface area contributed by atoms with Gasteiger partial charge in [-0.3, -0.25) is 4.79 Å². The van der Waals surface area contributed by atoms with Gasteiger partial charge in [0.25, 0.3) is 0 Å². The number of ether oxygens (including phenoxy) is 2. The number of aliphatic carboxylic acids is 1. The Balaban J connectivity index is 2.11. The lowest BCUT2D eigenvalue weighted by atomic mass is 10.3. The lowest BCUT2D eigenvalue weighted by molar-refractivity contribution is -0.136. The van der Waals surface area contributed by atoms with Gasteiger partial charge in [-0.2, -0.15) is 0 Å². The predicted molar refractivity (Wildman–Crippen MR) is 68.4 cm³/mol. The van der Waals surface area contributed by atoms with Gasteiger partial charge in [-0.1, -0.05) is 0 Å². The van der Waals surface area contributed by atoms with Gasteiger partial charge in [0.05, 0.1) is 0 Å². The second-order valence-electron chi connectivity index (χ2n) is 3.83. The van der Waals surface area contributed by atoms with Gasteiger partial charge in [0.15, 0.2) is 11.5 Å². The summed E-state index contributed by atoms with van der Waals surface area (Å²) in [7, 11) is 0. The highest BCUT2D eigenvalue weighted by atomic mass is 32.2. The Bertz CT molecular complexity index is 438. The maximum Gasteiger partial charge on any atom is 0.317 e. The van der Waals surface area contributed by atoms with Crippen molar-refractivity contribution in [3.63, 3.8) is 0 Å². The van der Waals surface area contributed by atoms with Crippen molar-refractivity contribution < 1.29 is 19.4 Å². The maximum atomic E-state index is 11.1. The Hall–Kier alpha value is -1.40. The lowest BCUT2D eigenvalue weighted by Gasteiger charge is -2.19. The zero-order valence-electron chi connectivity index (χ0n) is 9.80. The third-order valence-electron chi connectivity index (χ3n) is 2.50. The molecule has 6 heteroatoms. The van der Waals surface area contributed by atoms with E-state index in [0.717, 1.165) is 4.90 Å². The van der Waals surface area contributed by atoms with Gasteiger partial charge in [-0.15, -0.1) is 11.8 Å². The molecule has 0 saturated carbocycles. The van der Waals surface area contributed by atoms with Crippen LogP contribution in [0.3, 0.4) is 0 Å². The fourth-order valence-corrected chi connectivity index (χ4v) is 2.65. The second-order valence-corrected chi connectivity index (χ2v) is 5.10. The van der Waals surface area contributed by atoms with Crippen molar-refractivity contribution in [2.75, 3.05) is 19.8 Å². The summed E-state index contributed by atoms with van der Waals surface area (Å²) in [6.45, 7) is 1.42. The number of rotatable bonds is 5. The van der Waals surface area contributed by atoms with Gasteiger partial charge in [-0.25, -0.2) is 0 Å². The third-order valence-corrected chi connectivity index (χ3v) is 3.74. The van der Waals surface area contributed by atoms with E-state index in [4.69, 9.17) is 20.3 Å². The van der Waals surface area contributed by atoms with E-state index >= 15 is 0 Å². The van der Waals surface area contributed by atoms with Crippen molar-refractivity contribution in [1.29, 1.82) is 0 Å². The van der Waals surface area contributed by atoms with E-state index in [0.29, 0.717) is 37.7 Å². The van der Waals surface area contributed by atoms with Crippen LogP contribution >= 0.6 is 11.8 Å². The van der Waals surface area contributed by atoms with Gasteiger partial charge in [0.1, 0.15) is 18.5 Å². The van der Waals surface area contributed by atoms with Crippen molar-refractivity contribution in [2.45, 2.75) is 16.6 Å². The van der Waals surface area contributed by atoms with Crippen LogP contribution in [-0.4, -0.2) is 36.1 Å². The number of hydrogen-bond acceptors (Lipinski definition) is 5. The average Bonchev–Trinajstić information content (AvgIpc) is 2.38. The van der Waals surface area contributed by atoms with Crippen LogP contribution in [0.5, 0.6) is 11.5 Å². The van der Waals surface area contributed by atoms with Crippen LogP contribution in [0.15, 0.2) is 23.1 Å². The minimum Gasteiger partial charge on any atom is -0.486 e. The second kappa shape index (κ2) is 5.97. The summed E-state index contributed by atoms with van der Waals surface area (Å²) in [6, 6.07) is 5.45. The van der Waals surface area contributed by atoms with Crippen LogP contribution in [0.4, 0.5) is 0 Å². The summed E-state index contributed by atoms with van der Waals surface area (Å²) in [5.41, 5.74) is 5.41. The molecule has 2 rings (SSSR count). The van der Waals surface area contributed by atoms with Crippen LogP contribution in [0, 0.1) is 0 Å². The number of thioether (sulfide) groups is 1. The van der Waals surface area contributed by atoms with E-state index in [-0.39, 0.29) is 0 Å².